The van der Waals surface area contributed by atoms with E-state index in [1.165, 1.54) is 12.1 Å². The fourth-order valence-electron chi connectivity index (χ4n) is 8.18. The Morgan fingerprint density at radius 3 is 1.99 bits per heavy atom. The number of aliphatic hydroxyl groups is 1. The second-order valence-corrected chi connectivity index (χ2v) is 17.1. The monoisotopic (exact) mass is 930 g/mol. The molecule has 0 aliphatic carbocycles. The van der Waals surface area contributed by atoms with Gasteiger partial charge in [-0.2, -0.15) is 9.97 Å². The lowest BCUT2D eigenvalue weighted by Crippen LogP contribution is -2.48. The van der Waals surface area contributed by atoms with Gasteiger partial charge in [0.15, 0.2) is 17.0 Å². The van der Waals surface area contributed by atoms with E-state index in [0.717, 1.165) is 42.0 Å². The van der Waals surface area contributed by atoms with Crippen LogP contribution in [0, 0.1) is 0 Å². The van der Waals surface area contributed by atoms with Crippen LogP contribution in [0.3, 0.4) is 0 Å². The van der Waals surface area contributed by atoms with Crippen LogP contribution in [0.25, 0.3) is 11.2 Å². The third-order valence-corrected chi connectivity index (χ3v) is 12.1. The number of benzene rings is 4. The SMILES string of the molecule is CN(C)C(=O)C(CCN1CCC(O)(c2ccc(Cl)cc2)CC1)(c1ccccc1)c1ccccc1.CN(Cc1cnc2nc(N)nc(N)c2n1)c1ccc(C(=O)N[C@@H](CCC(=O)O)C(=O)O)cc1. The van der Waals surface area contributed by atoms with Gasteiger partial charge in [-0.05, 0) is 85.3 Å². The number of carbonyl (C=O) groups is 4. The molecule has 6 aromatic rings. The zero-order valence-corrected chi connectivity index (χ0v) is 38.3. The summed E-state index contributed by atoms with van der Waals surface area (Å²) < 4.78 is 0. The summed E-state index contributed by atoms with van der Waals surface area (Å²) in [5.74, 6) is -2.83. The summed E-state index contributed by atoms with van der Waals surface area (Å²) in [6, 6.07) is 32.9. The fraction of sp³-hybridized carbons (Fsp3) is 0.306. The molecule has 17 nitrogen and oxygen atoms in total. The van der Waals surface area contributed by atoms with E-state index in [4.69, 9.17) is 28.2 Å². The second kappa shape index (κ2) is 21.9. The number of nitrogen functional groups attached to an aromatic ring is 2. The Bertz CT molecular complexity index is 2610. The lowest BCUT2D eigenvalue weighted by Gasteiger charge is -2.41. The van der Waals surface area contributed by atoms with E-state index in [0.29, 0.717) is 47.7 Å². The van der Waals surface area contributed by atoms with E-state index >= 15 is 0 Å². The van der Waals surface area contributed by atoms with Crippen LogP contribution in [0.4, 0.5) is 17.5 Å². The zero-order chi connectivity index (χ0) is 48.3. The molecule has 1 atom stereocenters. The van der Waals surface area contributed by atoms with Crippen molar-refractivity contribution in [2.75, 3.05) is 57.1 Å². The number of nitrogens with one attached hydrogen (secondary N) is 1. The molecule has 350 valence electrons. The van der Waals surface area contributed by atoms with Gasteiger partial charge in [-0.1, -0.05) is 84.4 Å². The summed E-state index contributed by atoms with van der Waals surface area (Å²) in [6.45, 7) is 2.68. The van der Waals surface area contributed by atoms with Crippen LogP contribution in [-0.2, 0) is 31.9 Å². The van der Waals surface area contributed by atoms with Crippen molar-refractivity contribution >= 4 is 64.0 Å². The van der Waals surface area contributed by atoms with Crippen molar-refractivity contribution in [3.63, 3.8) is 0 Å². The van der Waals surface area contributed by atoms with Crippen LogP contribution in [-0.4, -0.2) is 116 Å². The first kappa shape index (κ1) is 49.2. The number of fused-ring (bicyclic) bond motifs is 1. The molecular formula is C49H55ClN10O7. The van der Waals surface area contributed by atoms with Gasteiger partial charge in [-0.25, -0.2) is 14.8 Å². The largest absolute Gasteiger partial charge is 0.481 e. The van der Waals surface area contributed by atoms with Gasteiger partial charge in [0.2, 0.25) is 11.9 Å². The molecule has 0 spiro atoms. The molecule has 0 saturated carbocycles. The number of piperidine rings is 1. The number of nitrogens with zero attached hydrogens (tertiary/aromatic N) is 7. The Hall–Kier alpha value is -7.21. The summed E-state index contributed by atoms with van der Waals surface area (Å²) in [6.07, 6.45) is 2.93. The van der Waals surface area contributed by atoms with E-state index in [2.05, 4.69) is 54.4 Å². The predicted octanol–water partition coefficient (Wildman–Crippen LogP) is 5.36. The molecule has 0 radical (unpaired) electrons. The highest BCUT2D eigenvalue weighted by Crippen LogP contribution is 2.39. The number of aliphatic carboxylic acids is 2. The third kappa shape index (κ3) is 12.2. The maximum Gasteiger partial charge on any atom is 0.326 e. The Balaban J connectivity index is 0.000000221. The topological polar surface area (TPSA) is 254 Å². The maximum absolute atomic E-state index is 13.8. The van der Waals surface area contributed by atoms with Crippen LogP contribution < -0.4 is 21.7 Å². The van der Waals surface area contributed by atoms with Crippen LogP contribution in [0.5, 0.6) is 0 Å². The lowest BCUT2D eigenvalue weighted by atomic mass is 9.70. The highest BCUT2D eigenvalue weighted by atomic mass is 35.5. The van der Waals surface area contributed by atoms with Crippen LogP contribution in [0.15, 0.2) is 115 Å². The molecule has 2 aromatic heterocycles. The summed E-state index contributed by atoms with van der Waals surface area (Å²) >= 11 is 6.03. The van der Waals surface area contributed by atoms with Gasteiger partial charge in [0, 0.05) is 56.9 Å². The number of anilines is 3. The van der Waals surface area contributed by atoms with Gasteiger partial charge in [-0.15, -0.1) is 0 Å². The number of rotatable bonds is 16. The number of carbonyl (C=O) groups excluding carboxylic acids is 2. The molecule has 1 aliphatic rings. The molecule has 3 heterocycles. The van der Waals surface area contributed by atoms with Crippen LogP contribution >= 0.6 is 11.6 Å². The first-order valence-corrected chi connectivity index (χ1v) is 22.0. The average molecular weight is 931 g/mol. The van der Waals surface area contributed by atoms with Crippen molar-refractivity contribution < 1.29 is 34.5 Å². The van der Waals surface area contributed by atoms with Gasteiger partial charge < -0.3 is 46.8 Å². The molecule has 1 saturated heterocycles. The molecule has 0 unspecified atom stereocenters. The highest BCUT2D eigenvalue weighted by molar-refractivity contribution is 6.30. The Morgan fingerprint density at radius 1 is 0.836 bits per heavy atom. The van der Waals surface area contributed by atoms with Gasteiger partial charge in [0.25, 0.3) is 5.91 Å². The minimum Gasteiger partial charge on any atom is -0.481 e. The molecule has 4 aromatic carbocycles. The predicted molar refractivity (Wildman–Crippen MR) is 256 cm³/mol. The molecule has 67 heavy (non-hydrogen) atoms. The molecule has 1 fully saturated rings. The molecule has 18 heteroatoms. The number of nitrogens with two attached hydrogens (primary N) is 2. The first-order chi connectivity index (χ1) is 32.0. The van der Waals surface area contributed by atoms with Gasteiger partial charge in [0.05, 0.1) is 24.0 Å². The number of carboxylic acids is 2. The summed E-state index contributed by atoms with van der Waals surface area (Å²) in [5.41, 5.74) is 15.0. The molecule has 2 amide bonds. The van der Waals surface area contributed by atoms with Crippen LogP contribution in [0.2, 0.25) is 5.02 Å². The van der Waals surface area contributed by atoms with Crippen molar-refractivity contribution in [2.24, 2.45) is 0 Å². The van der Waals surface area contributed by atoms with Crippen molar-refractivity contribution in [1.82, 2.24) is 35.1 Å². The summed E-state index contributed by atoms with van der Waals surface area (Å²) in [4.78, 5) is 70.6. The Labute approximate surface area is 393 Å². The number of hydrogen-bond donors (Lipinski definition) is 6. The minimum absolute atomic E-state index is 0.0138. The quantitative estimate of drug-likeness (QED) is 0.0715. The van der Waals surface area contributed by atoms with Gasteiger partial charge >= 0.3 is 11.9 Å². The van der Waals surface area contributed by atoms with E-state index < -0.39 is 34.9 Å². The second-order valence-electron chi connectivity index (χ2n) is 16.7. The molecule has 0 bridgehead atoms. The van der Waals surface area contributed by atoms with E-state index in [1.54, 1.807) is 23.2 Å². The lowest BCUT2D eigenvalue weighted by molar-refractivity contribution is -0.140. The number of likely N-dealkylation sites (N-methyl/N-ethyl adjacent to an activating group) is 1. The standard InChI is InChI=1S/C29H33ClN2O2.C20H22N8O5/c1-31(2)27(33)29(24-9-5-3-6-10-24,25-11-7-4-8-12-25)19-22-32-20-17-28(34,18-21-32)23-13-15-26(30)16-14-23;1-28(9-11-8-23-17-15(24-11)16(21)26-20(22)27-17)12-4-2-10(3-5-12)18(31)25-13(19(32)33)6-7-14(29)30/h3-16,34H,17-22H2,1-2H3;2-5,8,13H,6-7,9H2,1H3,(H,25,31)(H,29,30)(H,32,33)(H4,21,22,23,26,27)/t;13-/m.0/s1. The summed E-state index contributed by atoms with van der Waals surface area (Å²) in [7, 11) is 5.47. The Morgan fingerprint density at radius 2 is 1.43 bits per heavy atom. The van der Waals surface area contributed by atoms with Crippen LogP contribution in [0.1, 0.15) is 64.8 Å². The van der Waals surface area contributed by atoms with E-state index in [1.807, 2.05) is 86.7 Å². The number of halogens is 1. The molecule has 7 rings (SSSR count). The Kier molecular flexibility index (Phi) is 16.1. The maximum atomic E-state index is 13.8. The van der Waals surface area contributed by atoms with E-state index in [-0.39, 0.29) is 36.1 Å². The number of amides is 2. The molecule has 1 aliphatic heterocycles. The number of hydrogen-bond acceptors (Lipinski definition) is 13. The first-order valence-electron chi connectivity index (χ1n) is 21.6. The van der Waals surface area contributed by atoms with E-state index in [9.17, 15) is 29.4 Å². The smallest absolute Gasteiger partial charge is 0.326 e. The summed E-state index contributed by atoms with van der Waals surface area (Å²) in [5, 5.41) is 32.2. The number of aromatic nitrogens is 4. The zero-order valence-electron chi connectivity index (χ0n) is 37.5. The highest BCUT2D eigenvalue weighted by Gasteiger charge is 2.44. The normalized spacial score (nSPS) is 14.0. The van der Waals surface area contributed by atoms with Gasteiger partial charge in [0.1, 0.15) is 11.5 Å². The number of likely N-dealkylation sites (tertiary alicyclic amines) is 1. The van der Waals surface area contributed by atoms with Crippen molar-refractivity contribution in [1.29, 1.82) is 0 Å². The average Bonchev–Trinajstić information content (AvgIpc) is 3.32. The number of carboxylic acid groups (broad SMARTS) is 2. The van der Waals surface area contributed by atoms with Gasteiger partial charge in [-0.3, -0.25) is 14.4 Å². The molecular weight excluding hydrogens is 876 g/mol. The van der Waals surface area contributed by atoms with Crippen molar-refractivity contribution in [3.05, 3.63) is 148 Å². The molecule has 8 N–H and O–H groups in total. The van der Waals surface area contributed by atoms with Crippen molar-refractivity contribution in [3.8, 4) is 0 Å². The fourth-order valence-corrected chi connectivity index (χ4v) is 8.31. The minimum atomic E-state index is -1.30. The third-order valence-electron chi connectivity index (χ3n) is 11.9. The van der Waals surface area contributed by atoms with Crippen molar-refractivity contribution in [2.45, 2.75) is 55.7 Å².